The van der Waals surface area contributed by atoms with Crippen LogP contribution in [0.3, 0.4) is 0 Å². The molecule has 39 heavy (non-hydrogen) atoms. The number of carboxylic acid groups (broad SMARTS) is 1. The molecule has 2 rings (SSSR count). The van der Waals surface area contributed by atoms with Crippen molar-refractivity contribution in [2.45, 2.75) is 77.5 Å². The molecule has 0 aliphatic carbocycles. The first-order chi connectivity index (χ1) is 18.3. The van der Waals surface area contributed by atoms with Crippen molar-refractivity contribution in [1.82, 2.24) is 20.9 Å². The van der Waals surface area contributed by atoms with Crippen molar-refractivity contribution in [3.05, 3.63) is 36.0 Å². The SMILES string of the molecule is CC(C)CC(N)C(=O)NC(C(=O)NC(CCC(N)=O)C(=O)NC(Cc1c[nH]c2ccccc12)C(=O)O)C(C)C. The van der Waals surface area contributed by atoms with Gasteiger partial charge in [0.05, 0.1) is 6.04 Å². The van der Waals surface area contributed by atoms with Gasteiger partial charge in [-0.15, -0.1) is 0 Å². The molecule has 4 atom stereocenters. The second-order valence-corrected chi connectivity index (χ2v) is 10.5. The molecule has 0 fully saturated rings. The minimum Gasteiger partial charge on any atom is -0.480 e. The van der Waals surface area contributed by atoms with Gasteiger partial charge < -0.3 is 37.5 Å². The van der Waals surface area contributed by atoms with Crippen LogP contribution in [0, 0.1) is 11.8 Å². The Morgan fingerprint density at radius 3 is 2.15 bits per heavy atom. The first-order valence-electron chi connectivity index (χ1n) is 13.0. The van der Waals surface area contributed by atoms with E-state index in [1.807, 2.05) is 38.1 Å². The van der Waals surface area contributed by atoms with Crippen molar-refractivity contribution in [3.63, 3.8) is 0 Å². The molecule has 1 heterocycles. The molecular weight excluding hydrogens is 504 g/mol. The summed E-state index contributed by atoms with van der Waals surface area (Å²) in [6.07, 6.45) is 1.71. The molecular formula is C27H40N6O6. The molecule has 9 N–H and O–H groups in total. The maximum Gasteiger partial charge on any atom is 0.326 e. The Bertz CT molecular complexity index is 1180. The number of aliphatic carboxylic acids is 1. The Morgan fingerprint density at radius 2 is 1.56 bits per heavy atom. The average molecular weight is 545 g/mol. The van der Waals surface area contributed by atoms with Crippen LogP contribution in [-0.2, 0) is 30.4 Å². The summed E-state index contributed by atoms with van der Waals surface area (Å²) in [5, 5.41) is 18.3. The van der Waals surface area contributed by atoms with E-state index in [1.165, 1.54) is 0 Å². The highest BCUT2D eigenvalue weighted by Gasteiger charge is 2.32. The van der Waals surface area contributed by atoms with Gasteiger partial charge in [0.1, 0.15) is 18.1 Å². The van der Waals surface area contributed by atoms with E-state index >= 15 is 0 Å². The number of aromatic amines is 1. The van der Waals surface area contributed by atoms with Gasteiger partial charge >= 0.3 is 5.97 Å². The van der Waals surface area contributed by atoms with Crippen LogP contribution in [0.15, 0.2) is 30.5 Å². The van der Waals surface area contributed by atoms with Crippen LogP contribution >= 0.6 is 0 Å². The zero-order chi connectivity index (χ0) is 29.3. The van der Waals surface area contributed by atoms with Crippen LogP contribution in [0.2, 0.25) is 0 Å². The third-order valence-corrected chi connectivity index (χ3v) is 6.33. The summed E-state index contributed by atoms with van der Waals surface area (Å²) in [4.78, 5) is 65.4. The van der Waals surface area contributed by atoms with Gasteiger partial charge in [-0.1, -0.05) is 45.9 Å². The van der Waals surface area contributed by atoms with E-state index in [-0.39, 0.29) is 31.1 Å². The van der Waals surface area contributed by atoms with Gasteiger partial charge in [0.2, 0.25) is 23.6 Å². The molecule has 0 saturated carbocycles. The minimum atomic E-state index is -1.31. The smallest absolute Gasteiger partial charge is 0.326 e. The molecule has 4 unspecified atom stereocenters. The lowest BCUT2D eigenvalue weighted by Gasteiger charge is -2.27. The fourth-order valence-corrected chi connectivity index (χ4v) is 4.22. The van der Waals surface area contributed by atoms with Crippen molar-refractivity contribution in [3.8, 4) is 0 Å². The number of hydrogen-bond acceptors (Lipinski definition) is 6. The van der Waals surface area contributed by atoms with Gasteiger partial charge in [0.15, 0.2) is 0 Å². The van der Waals surface area contributed by atoms with E-state index in [0.717, 1.165) is 10.9 Å². The minimum absolute atomic E-state index is 0.0139. The number of nitrogens with two attached hydrogens (primary N) is 2. The Morgan fingerprint density at radius 1 is 0.923 bits per heavy atom. The fourth-order valence-electron chi connectivity index (χ4n) is 4.22. The van der Waals surface area contributed by atoms with E-state index < -0.39 is 53.8 Å². The predicted octanol–water partition coefficient (Wildman–Crippen LogP) is 0.544. The number of carboxylic acids is 1. The predicted molar refractivity (Wildman–Crippen MR) is 146 cm³/mol. The summed E-state index contributed by atoms with van der Waals surface area (Å²) in [6, 6.07) is 2.96. The normalized spacial score (nSPS) is 14.4. The van der Waals surface area contributed by atoms with Gasteiger partial charge in [-0.3, -0.25) is 19.2 Å². The number of aromatic nitrogens is 1. The van der Waals surface area contributed by atoms with Crippen molar-refractivity contribution in [2.24, 2.45) is 23.3 Å². The van der Waals surface area contributed by atoms with Crippen LogP contribution in [0.1, 0.15) is 52.5 Å². The molecule has 12 nitrogen and oxygen atoms in total. The Balaban J connectivity index is 2.18. The topological polar surface area (TPSA) is 209 Å². The van der Waals surface area contributed by atoms with Crippen LogP contribution in [0.25, 0.3) is 10.9 Å². The Hall–Kier alpha value is -3.93. The number of nitrogens with one attached hydrogen (secondary N) is 4. The van der Waals surface area contributed by atoms with Crippen molar-refractivity contribution < 1.29 is 29.1 Å². The lowest BCUT2D eigenvalue weighted by Crippen LogP contribution is -2.58. The molecule has 4 amide bonds. The third kappa shape index (κ3) is 9.40. The lowest BCUT2D eigenvalue weighted by atomic mass is 9.99. The average Bonchev–Trinajstić information content (AvgIpc) is 3.26. The summed E-state index contributed by atoms with van der Waals surface area (Å²) >= 11 is 0. The third-order valence-electron chi connectivity index (χ3n) is 6.33. The van der Waals surface area contributed by atoms with Gasteiger partial charge in [-0.2, -0.15) is 0 Å². The van der Waals surface area contributed by atoms with E-state index in [0.29, 0.717) is 12.0 Å². The lowest BCUT2D eigenvalue weighted by molar-refractivity contribution is -0.142. The maximum atomic E-state index is 13.2. The second kappa shape index (κ2) is 14.3. The summed E-state index contributed by atoms with van der Waals surface area (Å²) < 4.78 is 0. The van der Waals surface area contributed by atoms with Gasteiger partial charge in [0.25, 0.3) is 0 Å². The Kier molecular flexibility index (Phi) is 11.5. The summed E-state index contributed by atoms with van der Waals surface area (Å²) in [7, 11) is 0. The van der Waals surface area contributed by atoms with Crippen molar-refractivity contribution in [1.29, 1.82) is 0 Å². The number of fused-ring (bicyclic) bond motifs is 1. The quantitative estimate of drug-likeness (QED) is 0.169. The molecule has 0 saturated heterocycles. The maximum absolute atomic E-state index is 13.2. The zero-order valence-corrected chi connectivity index (χ0v) is 22.8. The number of primary amides is 1. The van der Waals surface area contributed by atoms with Crippen molar-refractivity contribution in [2.75, 3.05) is 0 Å². The summed E-state index contributed by atoms with van der Waals surface area (Å²) in [5.74, 6) is -4.09. The second-order valence-electron chi connectivity index (χ2n) is 10.5. The van der Waals surface area contributed by atoms with E-state index in [1.54, 1.807) is 20.0 Å². The number of H-pyrrole nitrogens is 1. The summed E-state index contributed by atoms with van der Waals surface area (Å²) in [6.45, 7) is 7.28. The number of para-hydroxylation sites is 1. The molecule has 0 radical (unpaired) electrons. The highest BCUT2D eigenvalue weighted by Crippen LogP contribution is 2.19. The highest BCUT2D eigenvalue weighted by molar-refractivity contribution is 5.94. The Labute approximate surface area is 227 Å². The number of rotatable bonds is 15. The molecule has 0 aliphatic rings. The van der Waals surface area contributed by atoms with E-state index in [2.05, 4.69) is 20.9 Å². The molecule has 2 aromatic rings. The zero-order valence-electron chi connectivity index (χ0n) is 22.8. The molecule has 1 aromatic heterocycles. The van der Waals surface area contributed by atoms with E-state index in [9.17, 15) is 29.1 Å². The van der Waals surface area contributed by atoms with Crippen LogP contribution in [-0.4, -0.2) is 63.9 Å². The molecule has 0 spiro atoms. The number of hydrogen-bond donors (Lipinski definition) is 7. The van der Waals surface area contributed by atoms with E-state index in [4.69, 9.17) is 11.5 Å². The van der Waals surface area contributed by atoms with Crippen LogP contribution in [0.4, 0.5) is 0 Å². The van der Waals surface area contributed by atoms with Gasteiger partial charge in [-0.05, 0) is 36.3 Å². The number of benzene rings is 1. The monoisotopic (exact) mass is 544 g/mol. The number of carbonyl (C=O) groups is 5. The first kappa shape index (κ1) is 31.3. The highest BCUT2D eigenvalue weighted by atomic mass is 16.4. The van der Waals surface area contributed by atoms with Crippen LogP contribution in [0.5, 0.6) is 0 Å². The number of amides is 4. The molecule has 214 valence electrons. The number of carbonyl (C=O) groups excluding carboxylic acids is 4. The summed E-state index contributed by atoms with van der Waals surface area (Å²) in [5.41, 5.74) is 12.7. The van der Waals surface area contributed by atoms with Crippen LogP contribution < -0.4 is 27.4 Å². The first-order valence-corrected chi connectivity index (χ1v) is 13.0. The largest absolute Gasteiger partial charge is 0.480 e. The van der Waals surface area contributed by atoms with Gasteiger partial charge in [-0.25, -0.2) is 4.79 Å². The molecule has 1 aromatic carbocycles. The molecule has 0 aliphatic heterocycles. The van der Waals surface area contributed by atoms with Crippen molar-refractivity contribution >= 4 is 40.5 Å². The van der Waals surface area contributed by atoms with Gasteiger partial charge in [0, 0.05) is 29.9 Å². The fraction of sp³-hybridized carbons (Fsp3) is 0.519. The molecule has 0 bridgehead atoms. The standard InChI is InChI=1S/C27H40N6O6/c1-14(2)11-18(28)24(35)33-23(15(3)4)26(37)31-20(9-10-22(29)34)25(36)32-21(27(38)39)12-16-13-30-19-8-6-5-7-17(16)19/h5-8,13-15,18,20-21,23,30H,9-12,28H2,1-4H3,(H2,29,34)(H,31,37)(H,32,36)(H,33,35)(H,38,39). The molecule has 12 heteroatoms.